The molecule has 1 atom stereocenters. The van der Waals surface area contributed by atoms with E-state index in [1.165, 1.54) is 19.3 Å². The fraction of sp³-hybridized carbons (Fsp3) is 0.296. The second-order valence-corrected chi connectivity index (χ2v) is 10.6. The molecule has 1 amide bonds. The summed E-state index contributed by atoms with van der Waals surface area (Å²) in [5, 5.41) is 2.85. The normalized spacial score (nSPS) is 14.7. The number of anilines is 3. The zero-order valence-corrected chi connectivity index (χ0v) is 20.9. The van der Waals surface area contributed by atoms with Crippen molar-refractivity contribution in [3.63, 3.8) is 0 Å². The van der Waals surface area contributed by atoms with Crippen molar-refractivity contribution in [1.29, 1.82) is 0 Å². The van der Waals surface area contributed by atoms with Gasteiger partial charge < -0.3 is 15.0 Å². The molecule has 0 bridgehead atoms. The van der Waals surface area contributed by atoms with Crippen LogP contribution in [0.25, 0.3) is 0 Å². The van der Waals surface area contributed by atoms with Crippen molar-refractivity contribution in [3.8, 4) is 11.5 Å². The van der Waals surface area contributed by atoms with Gasteiger partial charge in [-0.3, -0.25) is 9.10 Å². The molecule has 184 valence electrons. The molecule has 1 unspecified atom stereocenters. The molecule has 1 aliphatic heterocycles. The Kier molecular flexibility index (Phi) is 7.60. The van der Waals surface area contributed by atoms with E-state index in [2.05, 4.69) is 10.2 Å². The number of carbonyl (C=O) groups excluding carboxylic acids is 1. The molecule has 0 radical (unpaired) electrons. The Bertz CT molecular complexity index is 1220. The lowest BCUT2D eigenvalue weighted by Crippen LogP contribution is -2.45. The number of ether oxygens (including phenoxy) is 1. The third-order valence-electron chi connectivity index (χ3n) is 6.01. The molecule has 1 aliphatic rings. The van der Waals surface area contributed by atoms with Gasteiger partial charge in [0.2, 0.25) is 15.9 Å². The minimum Gasteiger partial charge on any atom is -0.457 e. The van der Waals surface area contributed by atoms with E-state index >= 15 is 0 Å². The first-order valence-corrected chi connectivity index (χ1v) is 13.6. The molecule has 0 aliphatic carbocycles. The van der Waals surface area contributed by atoms with Gasteiger partial charge in [0.05, 0.1) is 11.9 Å². The average molecular weight is 494 g/mol. The summed E-state index contributed by atoms with van der Waals surface area (Å²) in [6, 6.07) is 22.7. The Hall–Kier alpha value is -3.52. The van der Waals surface area contributed by atoms with Crippen molar-refractivity contribution in [2.45, 2.75) is 32.2 Å². The van der Waals surface area contributed by atoms with Gasteiger partial charge >= 0.3 is 0 Å². The Labute approximate surface area is 207 Å². The van der Waals surface area contributed by atoms with Crippen LogP contribution >= 0.6 is 0 Å². The average Bonchev–Trinajstić information content (AvgIpc) is 2.86. The number of hydrogen-bond donors (Lipinski definition) is 1. The third-order valence-corrected chi connectivity index (χ3v) is 7.26. The van der Waals surface area contributed by atoms with Gasteiger partial charge in [0.25, 0.3) is 0 Å². The van der Waals surface area contributed by atoms with E-state index in [4.69, 9.17) is 4.74 Å². The maximum atomic E-state index is 13.0. The number of rotatable bonds is 8. The van der Waals surface area contributed by atoms with Crippen molar-refractivity contribution < 1.29 is 17.9 Å². The summed E-state index contributed by atoms with van der Waals surface area (Å²) in [6.45, 7) is 3.66. The van der Waals surface area contributed by atoms with Gasteiger partial charge in [-0.25, -0.2) is 8.42 Å². The number of sulfonamides is 1. The van der Waals surface area contributed by atoms with Gasteiger partial charge in [0.15, 0.2) is 0 Å². The molecular weight excluding hydrogens is 462 g/mol. The summed E-state index contributed by atoms with van der Waals surface area (Å²) in [7, 11) is -3.72. The van der Waals surface area contributed by atoms with Crippen LogP contribution in [0.3, 0.4) is 0 Å². The van der Waals surface area contributed by atoms with Crippen molar-refractivity contribution in [1.82, 2.24) is 0 Å². The molecule has 0 saturated carbocycles. The summed E-state index contributed by atoms with van der Waals surface area (Å²) in [4.78, 5) is 15.4. The fourth-order valence-corrected chi connectivity index (χ4v) is 5.42. The van der Waals surface area contributed by atoms with E-state index in [9.17, 15) is 13.2 Å². The third kappa shape index (κ3) is 6.33. The number of amides is 1. The van der Waals surface area contributed by atoms with E-state index in [0.29, 0.717) is 22.9 Å². The maximum Gasteiger partial charge on any atom is 0.247 e. The van der Waals surface area contributed by atoms with Gasteiger partial charge in [0.1, 0.15) is 17.5 Å². The van der Waals surface area contributed by atoms with Crippen LogP contribution in [0.2, 0.25) is 0 Å². The Morgan fingerprint density at radius 1 is 0.886 bits per heavy atom. The van der Waals surface area contributed by atoms with Crippen molar-refractivity contribution in [3.05, 3.63) is 78.9 Å². The van der Waals surface area contributed by atoms with Gasteiger partial charge in [0, 0.05) is 24.5 Å². The van der Waals surface area contributed by atoms with E-state index in [1.807, 2.05) is 54.6 Å². The summed E-state index contributed by atoms with van der Waals surface area (Å²) in [6.07, 6.45) is 4.74. The standard InChI is InChI=1S/C27H31N3O4S/c1-21(27(31)28-22-11-13-23(14-12-22)29-19-7-4-8-20-29)30(35(2,32)33)24-15-17-26(18-16-24)34-25-9-5-3-6-10-25/h3,5-6,9-18,21H,4,7-8,19-20H2,1-2H3,(H,28,31). The first-order valence-electron chi connectivity index (χ1n) is 11.8. The number of para-hydroxylation sites is 1. The van der Waals surface area contributed by atoms with Crippen LogP contribution in [0.15, 0.2) is 78.9 Å². The monoisotopic (exact) mass is 493 g/mol. The molecule has 1 heterocycles. The van der Waals surface area contributed by atoms with Crippen LogP contribution in [-0.2, 0) is 14.8 Å². The molecule has 8 heteroatoms. The summed E-state index contributed by atoms with van der Waals surface area (Å²) in [5.41, 5.74) is 2.14. The lowest BCUT2D eigenvalue weighted by molar-refractivity contribution is -0.116. The topological polar surface area (TPSA) is 79.0 Å². The summed E-state index contributed by atoms with van der Waals surface area (Å²) < 4.78 is 32.2. The van der Waals surface area contributed by atoms with E-state index in [1.54, 1.807) is 31.2 Å². The van der Waals surface area contributed by atoms with Gasteiger partial charge in [-0.1, -0.05) is 18.2 Å². The molecule has 7 nitrogen and oxygen atoms in total. The van der Waals surface area contributed by atoms with E-state index in [-0.39, 0.29) is 0 Å². The Morgan fingerprint density at radius 3 is 2.09 bits per heavy atom. The number of hydrogen-bond acceptors (Lipinski definition) is 5. The maximum absolute atomic E-state index is 13.0. The van der Waals surface area contributed by atoms with E-state index in [0.717, 1.165) is 29.3 Å². The van der Waals surface area contributed by atoms with E-state index < -0.39 is 22.0 Å². The van der Waals surface area contributed by atoms with Gasteiger partial charge in [-0.05, 0) is 86.8 Å². The van der Waals surface area contributed by atoms with Crippen molar-refractivity contribution in [2.75, 3.05) is 33.9 Å². The first kappa shape index (κ1) is 24.6. The zero-order valence-electron chi connectivity index (χ0n) is 20.1. The van der Waals surface area contributed by atoms with Crippen LogP contribution in [-0.4, -0.2) is 39.7 Å². The minimum absolute atomic E-state index is 0.385. The van der Waals surface area contributed by atoms with Crippen LogP contribution < -0.4 is 19.3 Å². The number of nitrogens with one attached hydrogen (secondary N) is 1. The molecule has 3 aromatic rings. The summed E-state index contributed by atoms with van der Waals surface area (Å²) in [5.74, 6) is 0.837. The quantitative estimate of drug-likeness (QED) is 0.463. The molecule has 1 N–H and O–H groups in total. The van der Waals surface area contributed by atoms with Crippen molar-refractivity contribution >= 4 is 33.0 Å². The number of carbonyl (C=O) groups is 1. The van der Waals surface area contributed by atoms with Crippen molar-refractivity contribution in [2.24, 2.45) is 0 Å². The van der Waals surface area contributed by atoms with Crippen LogP contribution in [0.5, 0.6) is 11.5 Å². The van der Waals surface area contributed by atoms with Gasteiger partial charge in [-0.2, -0.15) is 0 Å². The van der Waals surface area contributed by atoms with Crippen LogP contribution in [0.1, 0.15) is 26.2 Å². The second-order valence-electron chi connectivity index (χ2n) is 8.73. The molecule has 1 fully saturated rings. The van der Waals surface area contributed by atoms with Crippen LogP contribution in [0.4, 0.5) is 17.1 Å². The SMILES string of the molecule is CC(C(=O)Nc1ccc(N2CCCCC2)cc1)N(c1ccc(Oc2ccccc2)cc1)S(C)(=O)=O. The zero-order chi connectivity index (χ0) is 24.8. The molecular formula is C27H31N3O4S. The van der Waals surface area contributed by atoms with Gasteiger partial charge in [-0.15, -0.1) is 0 Å². The molecule has 0 aromatic heterocycles. The predicted molar refractivity (Wildman–Crippen MR) is 141 cm³/mol. The largest absolute Gasteiger partial charge is 0.457 e. The van der Waals surface area contributed by atoms with Crippen LogP contribution in [0, 0.1) is 0 Å². The smallest absolute Gasteiger partial charge is 0.247 e. The molecule has 1 saturated heterocycles. The lowest BCUT2D eigenvalue weighted by atomic mass is 10.1. The highest BCUT2D eigenvalue weighted by atomic mass is 32.2. The first-order chi connectivity index (χ1) is 16.8. The molecule has 35 heavy (non-hydrogen) atoms. The number of nitrogens with zero attached hydrogens (tertiary/aromatic N) is 2. The number of piperidine rings is 1. The molecule has 0 spiro atoms. The Morgan fingerprint density at radius 2 is 1.49 bits per heavy atom. The summed E-state index contributed by atoms with van der Waals surface area (Å²) >= 11 is 0. The predicted octanol–water partition coefficient (Wildman–Crippen LogP) is 5.26. The molecule has 4 rings (SSSR count). The number of benzene rings is 3. The fourth-order valence-electron chi connectivity index (χ4n) is 4.25. The lowest BCUT2D eigenvalue weighted by Gasteiger charge is -2.29. The highest BCUT2D eigenvalue weighted by Crippen LogP contribution is 2.27. The highest BCUT2D eigenvalue weighted by Gasteiger charge is 2.29. The second kappa shape index (κ2) is 10.8. The Balaban J connectivity index is 1.45. The minimum atomic E-state index is -3.72. The highest BCUT2D eigenvalue weighted by molar-refractivity contribution is 7.92. The molecule has 3 aromatic carbocycles.